The van der Waals surface area contributed by atoms with Gasteiger partial charge in [-0.15, -0.1) is 0 Å². The van der Waals surface area contributed by atoms with Crippen molar-refractivity contribution >= 4 is 5.69 Å². The molecule has 1 aromatic carbocycles. The van der Waals surface area contributed by atoms with E-state index < -0.39 is 17.5 Å². The largest absolute Gasteiger partial charge is 0.378 e. The highest BCUT2D eigenvalue weighted by Gasteiger charge is 2.09. The number of aromatic nitrogens is 2. The minimum Gasteiger partial charge on any atom is -0.378 e. The summed E-state index contributed by atoms with van der Waals surface area (Å²) < 4.78 is 40.7. The van der Waals surface area contributed by atoms with Crippen molar-refractivity contribution in [1.82, 2.24) is 9.78 Å². The molecule has 1 N–H and O–H groups in total. The summed E-state index contributed by atoms with van der Waals surface area (Å²) in [5.41, 5.74) is 0.763. The Balaban J connectivity index is 2.08. The molecule has 1 aromatic heterocycles. The first kappa shape index (κ1) is 12.5. The summed E-state index contributed by atoms with van der Waals surface area (Å²) in [6, 6.07) is 1.39. The number of rotatable bonds is 4. The van der Waals surface area contributed by atoms with E-state index in [2.05, 4.69) is 10.4 Å². The Hall–Kier alpha value is -1.98. The maximum absolute atomic E-state index is 13.3. The second-order valence-corrected chi connectivity index (χ2v) is 3.80. The van der Waals surface area contributed by atoms with E-state index in [1.807, 2.05) is 6.92 Å². The van der Waals surface area contributed by atoms with Gasteiger partial charge in [-0.3, -0.25) is 4.68 Å². The van der Waals surface area contributed by atoms with Crippen LogP contribution in [0.1, 0.15) is 12.5 Å². The van der Waals surface area contributed by atoms with E-state index in [4.69, 9.17) is 0 Å². The molecule has 0 atom stereocenters. The Morgan fingerprint density at radius 2 is 1.89 bits per heavy atom. The van der Waals surface area contributed by atoms with Gasteiger partial charge in [-0.2, -0.15) is 5.10 Å². The standard InChI is InChI=1S/C12H12F3N3/c1-2-18-7-9(6-17-18)16-5-8-3-11(14)12(15)4-10(8)13/h3-4,6-7,16H,2,5H2,1H3. The Kier molecular flexibility index (Phi) is 3.55. The molecular weight excluding hydrogens is 243 g/mol. The van der Waals surface area contributed by atoms with Gasteiger partial charge in [-0.05, 0) is 13.0 Å². The van der Waals surface area contributed by atoms with Gasteiger partial charge in [0.1, 0.15) is 5.82 Å². The summed E-state index contributed by atoms with van der Waals surface area (Å²) in [6.45, 7) is 2.73. The fourth-order valence-electron chi connectivity index (χ4n) is 1.52. The van der Waals surface area contributed by atoms with Gasteiger partial charge in [-0.25, -0.2) is 13.2 Å². The van der Waals surface area contributed by atoms with Gasteiger partial charge >= 0.3 is 0 Å². The molecule has 0 amide bonds. The van der Waals surface area contributed by atoms with Crippen LogP contribution in [0.4, 0.5) is 18.9 Å². The second-order valence-electron chi connectivity index (χ2n) is 3.80. The molecule has 0 spiro atoms. The molecule has 0 saturated heterocycles. The third-order valence-corrected chi connectivity index (χ3v) is 2.53. The summed E-state index contributed by atoms with van der Waals surface area (Å²) in [7, 11) is 0. The Morgan fingerprint density at radius 1 is 1.17 bits per heavy atom. The van der Waals surface area contributed by atoms with Crippen LogP contribution in [-0.2, 0) is 13.1 Å². The van der Waals surface area contributed by atoms with Crippen LogP contribution in [0.25, 0.3) is 0 Å². The number of benzene rings is 1. The summed E-state index contributed by atoms with van der Waals surface area (Å²) in [6.07, 6.45) is 3.33. The maximum Gasteiger partial charge on any atom is 0.161 e. The van der Waals surface area contributed by atoms with E-state index in [1.54, 1.807) is 17.1 Å². The highest BCUT2D eigenvalue weighted by molar-refractivity contribution is 5.39. The van der Waals surface area contributed by atoms with Gasteiger partial charge in [-0.1, -0.05) is 0 Å². The van der Waals surface area contributed by atoms with Crippen LogP contribution < -0.4 is 5.32 Å². The first-order valence-corrected chi connectivity index (χ1v) is 5.50. The molecule has 0 bridgehead atoms. The van der Waals surface area contributed by atoms with Gasteiger partial charge in [0.2, 0.25) is 0 Å². The van der Waals surface area contributed by atoms with Crippen LogP contribution in [0.3, 0.4) is 0 Å². The van der Waals surface area contributed by atoms with Gasteiger partial charge < -0.3 is 5.32 Å². The number of hydrogen-bond donors (Lipinski definition) is 1. The molecule has 2 rings (SSSR count). The van der Waals surface area contributed by atoms with Crippen molar-refractivity contribution < 1.29 is 13.2 Å². The van der Waals surface area contributed by atoms with E-state index in [1.165, 1.54) is 0 Å². The van der Waals surface area contributed by atoms with Crippen molar-refractivity contribution in [3.8, 4) is 0 Å². The Bertz CT molecular complexity index is 551. The number of halogens is 3. The summed E-state index contributed by atoms with van der Waals surface area (Å²) >= 11 is 0. The molecule has 0 fully saturated rings. The lowest BCUT2D eigenvalue weighted by atomic mass is 10.2. The van der Waals surface area contributed by atoms with E-state index in [-0.39, 0.29) is 12.1 Å². The van der Waals surface area contributed by atoms with Crippen molar-refractivity contribution in [2.24, 2.45) is 0 Å². The number of nitrogens with one attached hydrogen (secondary N) is 1. The van der Waals surface area contributed by atoms with E-state index in [0.29, 0.717) is 11.8 Å². The topological polar surface area (TPSA) is 29.9 Å². The predicted octanol–water partition coefficient (Wildman–Crippen LogP) is 2.93. The lowest BCUT2D eigenvalue weighted by Gasteiger charge is -2.05. The fourth-order valence-corrected chi connectivity index (χ4v) is 1.52. The smallest absolute Gasteiger partial charge is 0.161 e. The maximum atomic E-state index is 13.3. The van der Waals surface area contributed by atoms with Gasteiger partial charge in [0.15, 0.2) is 11.6 Å². The van der Waals surface area contributed by atoms with E-state index >= 15 is 0 Å². The number of anilines is 1. The highest BCUT2D eigenvalue weighted by Crippen LogP contribution is 2.15. The van der Waals surface area contributed by atoms with Crippen LogP contribution in [-0.4, -0.2) is 9.78 Å². The molecule has 0 aliphatic rings. The zero-order valence-electron chi connectivity index (χ0n) is 9.75. The number of hydrogen-bond acceptors (Lipinski definition) is 2. The molecule has 96 valence electrons. The Labute approximate surface area is 102 Å². The van der Waals surface area contributed by atoms with Crippen molar-refractivity contribution in [1.29, 1.82) is 0 Å². The van der Waals surface area contributed by atoms with Gasteiger partial charge in [0.25, 0.3) is 0 Å². The van der Waals surface area contributed by atoms with Crippen LogP contribution in [0, 0.1) is 17.5 Å². The molecule has 2 aromatic rings. The van der Waals surface area contributed by atoms with Gasteiger partial charge in [0.05, 0.1) is 11.9 Å². The monoisotopic (exact) mass is 255 g/mol. The van der Waals surface area contributed by atoms with Crippen LogP contribution in [0.2, 0.25) is 0 Å². The second kappa shape index (κ2) is 5.12. The third-order valence-electron chi connectivity index (χ3n) is 2.53. The van der Waals surface area contributed by atoms with Gasteiger partial charge in [0, 0.05) is 30.9 Å². The molecule has 18 heavy (non-hydrogen) atoms. The van der Waals surface area contributed by atoms with E-state index in [9.17, 15) is 13.2 Å². The average Bonchev–Trinajstić information content (AvgIpc) is 2.80. The third kappa shape index (κ3) is 2.64. The summed E-state index contributed by atoms with van der Waals surface area (Å²) in [5.74, 6) is -3.02. The highest BCUT2D eigenvalue weighted by atomic mass is 19.2. The molecule has 0 unspecified atom stereocenters. The Morgan fingerprint density at radius 3 is 2.56 bits per heavy atom. The minimum atomic E-state index is -1.19. The molecule has 0 aliphatic heterocycles. The fraction of sp³-hybridized carbons (Fsp3) is 0.250. The van der Waals surface area contributed by atoms with Crippen molar-refractivity contribution in [2.75, 3.05) is 5.32 Å². The molecule has 0 saturated carbocycles. The normalized spacial score (nSPS) is 10.7. The molecule has 3 nitrogen and oxygen atoms in total. The molecule has 0 aliphatic carbocycles. The summed E-state index contributed by atoms with van der Waals surface area (Å²) in [4.78, 5) is 0. The lowest BCUT2D eigenvalue weighted by Crippen LogP contribution is -2.03. The predicted molar refractivity (Wildman–Crippen MR) is 61.5 cm³/mol. The SMILES string of the molecule is CCn1cc(NCc2cc(F)c(F)cc2F)cn1. The molecule has 6 heteroatoms. The van der Waals surface area contributed by atoms with Crippen molar-refractivity contribution in [3.05, 3.63) is 47.5 Å². The minimum absolute atomic E-state index is 0.0677. The zero-order chi connectivity index (χ0) is 13.1. The first-order chi connectivity index (χ1) is 8.60. The molecular formula is C12H12F3N3. The molecule has 0 radical (unpaired) electrons. The first-order valence-electron chi connectivity index (χ1n) is 5.50. The van der Waals surface area contributed by atoms with Crippen LogP contribution in [0.15, 0.2) is 24.5 Å². The van der Waals surface area contributed by atoms with Crippen molar-refractivity contribution in [3.63, 3.8) is 0 Å². The molecule has 1 heterocycles. The number of aryl methyl sites for hydroxylation is 1. The van der Waals surface area contributed by atoms with Crippen LogP contribution >= 0.6 is 0 Å². The average molecular weight is 255 g/mol. The van der Waals surface area contributed by atoms with E-state index in [0.717, 1.165) is 12.6 Å². The zero-order valence-corrected chi connectivity index (χ0v) is 9.75. The van der Waals surface area contributed by atoms with Crippen molar-refractivity contribution in [2.45, 2.75) is 20.0 Å². The quantitative estimate of drug-likeness (QED) is 0.851. The number of nitrogens with zero attached hydrogens (tertiary/aromatic N) is 2. The summed E-state index contributed by atoms with van der Waals surface area (Å²) in [5, 5.41) is 6.92. The lowest BCUT2D eigenvalue weighted by molar-refractivity contribution is 0.490. The van der Waals surface area contributed by atoms with Crippen LogP contribution in [0.5, 0.6) is 0 Å².